The molecule has 96 heavy (non-hydrogen) atoms. The van der Waals surface area contributed by atoms with Gasteiger partial charge in [0, 0.05) is 71.2 Å². The van der Waals surface area contributed by atoms with Crippen molar-refractivity contribution in [1.29, 1.82) is 10.5 Å². The van der Waals surface area contributed by atoms with Crippen molar-refractivity contribution in [3.63, 3.8) is 0 Å². The molecule has 0 spiro atoms. The Kier molecular flexibility index (Phi) is 14.0. The van der Waals surface area contributed by atoms with Gasteiger partial charge in [0.05, 0.1) is 103 Å². The van der Waals surface area contributed by atoms with Crippen molar-refractivity contribution in [2.75, 3.05) is 0 Å². The average Bonchev–Trinajstić information content (AvgIpc) is 1.52. The summed E-state index contributed by atoms with van der Waals surface area (Å²) in [5.74, 6) is 0. The summed E-state index contributed by atoms with van der Waals surface area (Å²) in [6.07, 6.45) is -9.37. The van der Waals surface area contributed by atoms with Gasteiger partial charge >= 0.3 is 12.4 Å². The molecular formula is C82H50F6N8. The molecule has 460 valence electrons. The Balaban J connectivity index is 0.000000158. The second-order valence-corrected chi connectivity index (χ2v) is 24.0. The molecule has 0 aliphatic carbocycles. The first kappa shape index (κ1) is 59.7. The van der Waals surface area contributed by atoms with Crippen LogP contribution in [-0.2, 0) is 12.4 Å². The van der Waals surface area contributed by atoms with Crippen molar-refractivity contribution in [3.8, 4) is 57.1 Å². The van der Waals surface area contributed by atoms with Crippen molar-refractivity contribution in [2.45, 2.75) is 40.0 Å². The number of alkyl halides is 6. The standard InChI is InChI=1S/2C41H25F3N4/c1-24-10-8-14-31-29-12-4-6-16-35(29)47(39(24)31)37-22-34(46-3)38(21-33(37)28-19-18-27(41(42,43)44)20-26(28)23-45)48-36-17-7-5-13-30(36)32-15-9-11-25(2)40(32)48;1-24-10-8-14-30-28-12-4-6-16-35(28)47(39(24)30)37-22-34(46-3)38(21-32(37)27-19-18-26(23-45)20-33(27)41(42,43)44)48-36-17-7-5-13-29(36)31-15-9-11-25(2)40(31)48/h2*4-22H,1-2H3. The molecule has 14 heteroatoms. The quantitative estimate of drug-likeness (QED) is 0.123. The molecule has 4 heterocycles. The van der Waals surface area contributed by atoms with E-state index in [-0.39, 0.29) is 16.7 Å². The van der Waals surface area contributed by atoms with Crippen LogP contribution in [-0.4, -0.2) is 18.3 Å². The minimum atomic E-state index is -4.75. The Bertz CT molecular complexity index is 6180. The predicted molar refractivity (Wildman–Crippen MR) is 372 cm³/mol. The van der Waals surface area contributed by atoms with Gasteiger partial charge in [0.1, 0.15) is 0 Å². The molecule has 0 fully saturated rings. The van der Waals surface area contributed by atoms with Crippen LogP contribution in [0.5, 0.6) is 0 Å². The van der Waals surface area contributed by atoms with Gasteiger partial charge in [-0.3, -0.25) is 0 Å². The van der Waals surface area contributed by atoms with Crippen LogP contribution in [0.25, 0.3) is 142 Å². The van der Waals surface area contributed by atoms with Crippen molar-refractivity contribution in [2.24, 2.45) is 0 Å². The minimum Gasteiger partial charge on any atom is -0.319 e. The Morgan fingerprint density at radius 3 is 1.02 bits per heavy atom. The molecule has 8 nitrogen and oxygen atoms in total. The van der Waals surface area contributed by atoms with Gasteiger partial charge in [-0.2, -0.15) is 36.9 Å². The van der Waals surface area contributed by atoms with Crippen molar-refractivity contribution in [1.82, 2.24) is 18.3 Å². The maximum Gasteiger partial charge on any atom is 0.417 e. The largest absolute Gasteiger partial charge is 0.417 e. The normalized spacial score (nSPS) is 11.8. The molecule has 0 bridgehead atoms. The summed E-state index contributed by atoms with van der Waals surface area (Å²) < 4.78 is 94.4. The molecule has 0 saturated carbocycles. The Labute approximate surface area is 546 Å². The third kappa shape index (κ3) is 9.33. The molecule has 0 N–H and O–H groups in total. The van der Waals surface area contributed by atoms with E-state index in [0.717, 1.165) is 128 Å². The predicted octanol–water partition coefficient (Wildman–Crippen LogP) is 23.2. The van der Waals surface area contributed by atoms with E-state index in [9.17, 15) is 36.9 Å². The lowest BCUT2D eigenvalue weighted by Crippen LogP contribution is -2.09. The smallest absolute Gasteiger partial charge is 0.319 e. The average molecular weight is 1260 g/mol. The second kappa shape index (κ2) is 22.6. The maximum absolute atomic E-state index is 14.9. The van der Waals surface area contributed by atoms with E-state index in [2.05, 4.69) is 24.9 Å². The van der Waals surface area contributed by atoms with E-state index in [1.807, 2.05) is 225 Å². The summed E-state index contributed by atoms with van der Waals surface area (Å²) in [6.45, 7) is 24.8. The Hall–Kier alpha value is -12.6. The molecule has 0 radical (unpaired) electrons. The molecule has 0 aliphatic heterocycles. The molecule has 0 amide bonds. The lowest BCUT2D eigenvalue weighted by Gasteiger charge is -2.22. The van der Waals surface area contributed by atoms with Gasteiger partial charge < -0.3 is 18.3 Å². The number of nitrogens with zero attached hydrogens (tertiary/aromatic N) is 8. The fourth-order valence-corrected chi connectivity index (χ4v) is 14.4. The van der Waals surface area contributed by atoms with Gasteiger partial charge in [-0.15, -0.1) is 0 Å². The van der Waals surface area contributed by atoms with Crippen LogP contribution in [0.1, 0.15) is 44.5 Å². The number of halogens is 6. The zero-order valence-electron chi connectivity index (χ0n) is 51.8. The molecule has 16 aromatic rings. The van der Waals surface area contributed by atoms with E-state index in [1.54, 1.807) is 12.1 Å². The summed E-state index contributed by atoms with van der Waals surface area (Å²) in [5.41, 5.74) is 12.7. The van der Waals surface area contributed by atoms with Crippen LogP contribution >= 0.6 is 0 Å². The third-order valence-electron chi connectivity index (χ3n) is 18.5. The fraction of sp³-hybridized carbons (Fsp3) is 0.0732. The van der Waals surface area contributed by atoms with E-state index in [0.29, 0.717) is 50.8 Å². The highest BCUT2D eigenvalue weighted by Crippen LogP contribution is 2.49. The monoisotopic (exact) mass is 1260 g/mol. The van der Waals surface area contributed by atoms with Crippen molar-refractivity contribution in [3.05, 3.63) is 298 Å². The Morgan fingerprint density at radius 2 is 0.677 bits per heavy atom. The highest BCUT2D eigenvalue weighted by atomic mass is 19.4. The van der Waals surface area contributed by atoms with Gasteiger partial charge in [0.25, 0.3) is 0 Å². The first-order valence-electron chi connectivity index (χ1n) is 30.7. The zero-order valence-corrected chi connectivity index (χ0v) is 51.8. The highest BCUT2D eigenvalue weighted by Gasteiger charge is 2.36. The van der Waals surface area contributed by atoms with Crippen LogP contribution in [0, 0.1) is 63.5 Å². The van der Waals surface area contributed by atoms with E-state index in [1.165, 1.54) is 18.2 Å². The summed E-state index contributed by atoms with van der Waals surface area (Å²) in [6, 6.07) is 73.7. The van der Waals surface area contributed by atoms with E-state index in [4.69, 9.17) is 13.1 Å². The zero-order chi connectivity index (χ0) is 66.6. The first-order valence-corrected chi connectivity index (χ1v) is 30.7. The maximum atomic E-state index is 14.9. The minimum absolute atomic E-state index is 0.0775. The number of hydrogen-bond donors (Lipinski definition) is 0. The molecule has 4 aromatic heterocycles. The SMILES string of the molecule is [C-]#[N+]c1cc(-n2c3ccccc3c3cccc(C)c32)c(-c2ccc(C#N)cc2C(F)(F)F)cc1-n1c2ccccc2c2cccc(C)c21.[C-]#[N+]c1cc(-n2c3ccccc3c3cccc(C)c32)c(-c2ccc(C(F)(F)F)cc2C#N)cc1-n1c2ccccc2c2cccc(C)c21. The number of hydrogen-bond acceptors (Lipinski definition) is 2. The van der Waals surface area contributed by atoms with Crippen LogP contribution in [0.3, 0.4) is 0 Å². The van der Waals surface area contributed by atoms with Crippen LogP contribution in [0.4, 0.5) is 37.7 Å². The first-order chi connectivity index (χ1) is 46.4. The number of fused-ring (bicyclic) bond motifs is 12. The van der Waals surface area contributed by atoms with Crippen LogP contribution in [0.15, 0.2) is 231 Å². The van der Waals surface area contributed by atoms with Gasteiger partial charge in [-0.05, 0) is 128 Å². The summed E-state index contributed by atoms with van der Waals surface area (Å²) in [5, 5.41) is 27.8. The number of nitriles is 2. The van der Waals surface area contributed by atoms with Crippen molar-refractivity contribution >= 4 is 98.6 Å². The molecule has 12 aromatic carbocycles. The number of benzene rings is 12. The highest BCUT2D eigenvalue weighted by molar-refractivity contribution is 6.15. The summed E-state index contributed by atoms with van der Waals surface area (Å²) in [7, 11) is 0. The number of aryl methyl sites for hydroxylation is 4. The van der Waals surface area contributed by atoms with E-state index >= 15 is 0 Å². The number of para-hydroxylation sites is 8. The van der Waals surface area contributed by atoms with Crippen LogP contribution in [0.2, 0.25) is 0 Å². The summed E-state index contributed by atoms with van der Waals surface area (Å²) in [4.78, 5) is 8.06. The lowest BCUT2D eigenvalue weighted by atomic mass is 9.94. The second-order valence-electron chi connectivity index (χ2n) is 24.0. The molecule has 0 saturated heterocycles. The van der Waals surface area contributed by atoms with Gasteiger partial charge in [0.15, 0.2) is 0 Å². The van der Waals surface area contributed by atoms with Gasteiger partial charge in [-0.1, -0.05) is 158 Å². The lowest BCUT2D eigenvalue weighted by molar-refractivity contribution is -0.138. The number of rotatable bonds is 6. The molecule has 16 rings (SSSR count). The molecule has 0 aliphatic rings. The Morgan fingerprint density at radius 1 is 0.333 bits per heavy atom. The number of aromatic nitrogens is 4. The molecule has 0 unspecified atom stereocenters. The summed E-state index contributed by atoms with van der Waals surface area (Å²) >= 11 is 0. The molecular weight excluding hydrogens is 1210 g/mol. The van der Waals surface area contributed by atoms with Crippen molar-refractivity contribution < 1.29 is 26.3 Å². The van der Waals surface area contributed by atoms with Crippen LogP contribution < -0.4 is 0 Å². The topological polar surface area (TPSA) is 76.0 Å². The molecule has 0 atom stereocenters. The van der Waals surface area contributed by atoms with Gasteiger partial charge in [0.2, 0.25) is 11.4 Å². The fourth-order valence-electron chi connectivity index (χ4n) is 14.4. The third-order valence-corrected chi connectivity index (χ3v) is 18.5. The van der Waals surface area contributed by atoms with E-state index < -0.39 is 23.5 Å². The van der Waals surface area contributed by atoms with Gasteiger partial charge in [-0.25, -0.2) is 9.69 Å².